The van der Waals surface area contributed by atoms with Crippen LogP contribution in [0.25, 0.3) is 11.1 Å². The second-order valence-corrected chi connectivity index (χ2v) is 7.14. The molecule has 1 N–H and O–H groups in total. The van der Waals surface area contributed by atoms with Crippen molar-refractivity contribution in [3.63, 3.8) is 0 Å². The molecule has 1 amide bonds. The van der Waals surface area contributed by atoms with Crippen LogP contribution in [0.1, 0.15) is 37.7 Å². The van der Waals surface area contributed by atoms with Gasteiger partial charge in [0.2, 0.25) is 17.4 Å². The molecule has 0 aliphatic rings. The fraction of sp³-hybridized carbons (Fsp3) is 0.435. The number of hydrogen-bond donors (Lipinski definition) is 1. The monoisotopic (exact) mass is 443 g/mol. The Morgan fingerprint density at radius 1 is 1.06 bits per heavy atom. The number of furan rings is 1. The maximum Gasteiger partial charge on any atom is 0.265 e. The fourth-order valence-electron chi connectivity index (χ4n) is 3.34. The van der Waals surface area contributed by atoms with E-state index in [1.54, 1.807) is 13.8 Å². The maximum absolute atomic E-state index is 12.7. The largest absolute Gasteiger partial charge is 0.490 e. The molecule has 0 saturated carbocycles. The second kappa shape index (κ2) is 10.2. The van der Waals surface area contributed by atoms with Crippen LogP contribution in [0, 0.1) is 13.8 Å². The van der Waals surface area contributed by atoms with Crippen molar-refractivity contribution in [2.45, 2.75) is 47.7 Å². The molecule has 9 heteroatoms. The molecule has 0 aliphatic carbocycles. The summed E-state index contributed by atoms with van der Waals surface area (Å²) in [4.78, 5) is 29.4. The number of aromatic nitrogens is 2. The average molecular weight is 444 g/mol. The number of amides is 1. The Morgan fingerprint density at radius 3 is 2.28 bits per heavy atom. The van der Waals surface area contributed by atoms with E-state index in [2.05, 4.69) is 10.3 Å². The van der Waals surface area contributed by atoms with E-state index >= 15 is 0 Å². The number of nitrogens with zero attached hydrogens (tertiary/aromatic N) is 2. The first-order valence-electron chi connectivity index (χ1n) is 10.7. The van der Waals surface area contributed by atoms with Crippen LogP contribution in [0.4, 0.5) is 0 Å². The highest BCUT2D eigenvalue weighted by Crippen LogP contribution is 2.39. The molecule has 0 unspecified atom stereocenters. The van der Waals surface area contributed by atoms with E-state index in [9.17, 15) is 9.59 Å². The highest BCUT2D eigenvalue weighted by Gasteiger charge is 2.17. The molecule has 2 heterocycles. The van der Waals surface area contributed by atoms with Crippen molar-refractivity contribution in [3.05, 3.63) is 45.7 Å². The molecule has 0 bridgehead atoms. The third-order valence-electron chi connectivity index (χ3n) is 4.93. The van der Waals surface area contributed by atoms with Gasteiger partial charge in [-0.1, -0.05) is 0 Å². The van der Waals surface area contributed by atoms with Crippen molar-refractivity contribution in [2.75, 3.05) is 19.8 Å². The third-order valence-corrected chi connectivity index (χ3v) is 4.93. The lowest BCUT2D eigenvalue weighted by atomic mass is 10.1. The Kier molecular flexibility index (Phi) is 7.40. The van der Waals surface area contributed by atoms with Gasteiger partial charge in [-0.05, 0) is 52.3 Å². The molecule has 32 heavy (non-hydrogen) atoms. The smallest absolute Gasteiger partial charge is 0.265 e. The summed E-state index contributed by atoms with van der Waals surface area (Å²) in [5.74, 6) is 1.97. The van der Waals surface area contributed by atoms with Crippen LogP contribution in [0.15, 0.2) is 27.7 Å². The number of fused-ring (bicyclic) bond motifs is 1. The van der Waals surface area contributed by atoms with Crippen molar-refractivity contribution >= 4 is 17.0 Å². The lowest BCUT2D eigenvalue weighted by molar-refractivity contribution is -0.121. The van der Waals surface area contributed by atoms with Gasteiger partial charge in [-0.2, -0.15) is 0 Å². The van der Waals surface area contributed by atoms with Gasteiger partial charge in [0.1, 0.15) is 24.0 Å². The van der Waals surface area contributed by atoms with Crippen LogP contribution in [-0.2, 0) is 17.9 Å². The Balaban J connectivity index is 1.77. The zero-order valence-electron chi connectivity index (χ0n) is 19.1. The number of nitrogens with one attached hydrogen (secondary N) is 1. The Labute approximate surface area is 186 Å². The van der Waals surface area contributed by atoms with E-state index in [0.717, 1.165) is 11.1 Å². The standard InChI is InChI=1S/C23H29N3O6/c1-6-29-17-9-16(10-18(30-7-2)21(17)31-8-3)11-24-19(27)12-26-13-25-22-20(23(26)28)14(4)15(5)32-22/h9-10,13H,6-8,11-12H2,1-5H3,(H,24,27). The summed E-state index contributed by atoms with van der Waals surface area (Å²) in [6.07, 6.45) is 1.32. The first kappa shape index (κ1) is 23.2. The summed E-state index contributed by atoms with van der Waals surface area (Å²) in [5, 5.41) is 3.23. The minimum atomic E-state index is -0.323. The van der Waals surface area contributed by atoms with E-state index in [4.69, 9.17) is 18.6 Å². The number of carbonyl (C=O) groups excluding carboxylic acids is 1. The van der Waals surface area contributed by atoms with E-state index in [1.165, 1.54) is 10.9 Å². The van der Waals surface area contributed by atoms with Crippen LogP contribution >= 0.6 is 0 Å². The number of ether oxygens (including phenoxy) is 3. The number of benzene rings is 1. The van der Waals surface area contributed by atoms with Gasteiger partial charge < -0.3 is 23.9 Å². The molecular weight excluding hydrogens is 414 g/mol. The first-order valence-corrected chi connectivity index (χ1v) is 10.7. The predicted octanol–water partition coefficient (Wildman–Crippen LogP) is 3.12. The zero-order chi connectivity index (χ0) is 23.3. The minimum absolute atomic E-state index is 0.154. The normalized spacial score (nSPS) is 10.9. The molecule has 2 aromatic heterocycles. The summed E-state index contributed by atoms with van der Waals surface area (Å²) < 4.78 is 23.9. The molecule has 9 nitrogen and oxygen atoms in total. The summed E-state index contributed by atoms with van der Waals surface area (Å²) in [6.45, 7) is 10.7. The highest BCUT2D eigenvalue weighted by atomic mass is 16.5. The van der Waals surface area contributed by atoms with Crippen molar-refractivity contribution in [1.82, 2.24) is 14.9 Å². The Bertz CT molecular complexity index is 1140. The maximum atomic E-state index is 12.7. The van der Waals surface area contributed by atoms with Crippen molar-refractivity contribution in [2.24, 2.45) is 0 Å². The Hall–Kier alpha value is -3.49. The molecule has 3 aromatic rings. The molecule has 0 aliphatic heterocycles. The number of hydrogen-bond acceptors (Lipinski definition) is 7. The molecular formula is C23H29N3O6. The molecule has 3 rings (SSSR count). The second-order valence-electron chi connectivity index (χ2n) is 7.14. The van der Waals surface area contributed by atoms with Crippen LogP contribution in [0.3, 0.4) is 0 Å². The minimum Gasteiger partial charge on any atom is -0.490 e. The van der Waals surface area contributed by atoms with E-state index in [-0.39, 0.29) is 30.3 Å². The molecule has 0 saturated heterocycles. The summed E-state index contributed by atoms with van der Waals surface area (Å²) in [5.41, 5.74) is 1.49. The van der Waals surface area contributed by atoms with E-state index in [0.29, 0.717) is 48.2 Å². The van der Waals surface area contributed by atoms with E-state index < -0.39 is 0 Å². The summed E-state index contributed by atoms with van der Waals surface area (Å²) >= 11 is 0. The average Bonchev–Trinajstić information content (AvgIpc) is 3.05. The summed E-state index contributed by atoms with van der Waals surface area (Å²) in [6, 6.07) is 3.63. The lowest BCUT2D eigenvalue weighted by Crippen LogP contribution is -2.32. The SMILES string of the molecule is CCOc1cc(CNC(=O)Cn2cnc3oc(C)c(C)c3c2=O)cc(OCC)c1OCC. The molecule has 1 aromatic carbocycles. The molecule has 0 radical (unpaired) electrons. The van der Waals surface area contributed by atoms with Crippen molar-refractivity contribution in [3.8, 4) is 17.2 Å². The quantitative estimate of drug-likeness (QED) is 0.513. The third kappa shape index (κ3) is 4.87. The molecule has 0 fully saturated rings. The number of carbonyl (C=O) groups is 1. The van der Waals surface area contributed by atoms with Gasteiger partial charge in [0.15, 0.2) is 11.5 Å². The van der Waals surface area contributed by atoms with Gasteiger partial charge in [-0.15, -0.1) is 0 Å². The summed E-state index contributed by atoms with van der Waals surface area (Å²) in [7, 11) is 0. The van der Waals surface area contributed by atoms with Gasteiger partial charge in [0, 0.05) is 12.1 Å². The lowest BCUT2D eigenvalue weighted by Gasteiger charge is -2.17. The Morgan fingerprint density at radius 2 is 1.69 bits per heavy atom. The van der Waals surface area contributed by atoms with Crippen LogP contribution in [0.5, 0.6) is 17.2 Å². The van der Waals surface area contributed by atoms with Gasteiger partial charge in [0.25, 0.3) is 5.56 Å². The van der Waals surface area contributed by atoms with Crippen molar-refractivity contribution in [1.29, 1.82) is 0 Å². The van der Waals surface area contributed by atoms with Gasteiger partial charge in [-0.25, -0.2) is 4.98 Å². The molecule has 172 valence electrons. The first-order chi connectivity index (χ1) is 15.4. The predicted molar refractivity (Wildman–Crippen MR) is 120 cm³/mol. The fourth-order valence-corrected chi connectivity index (χ4v) is 3.34. The number of aryl methyl sites for hydroxylation is 2. The van der Waals surface area contributed by atoms with Gasteiger partial charge >= 0.3 is 0 Å². The van der Waals surface area contributed by atoms with Crippen LogP contribution < -0.4 is 25.1 Å². The topological polar surface area (TPSA) is 105 Å². The van der Waals surface area contributed by atoms with Gasteiger partial charge in [0.05, 0.1) is 19.8 Å². The highest BCUT2D eigenvalue weighted by molar-refractivity contribution is 5.79. The van der Waals surface area contributed by atoms with Gasteiger partial charge in [-0.3, -0.25) is 14.2 Å². The van der Waals surface area contributed by atoms with Crippen molar-refractivity contribution < 1.29 is 23.4 Å². The van der Waals surface area contributed by atoms with Crippen LogP contribution in [0.2, 0.25) is 0 Å². The molecule has 0 atom stereocenters. The zero-order valence-corrected chi connectivity index (χ0v) is 19.1. The number of rotatable bonds is 10. The molecule has 0 spiro atoms. The van der Waals surface area contributed by atoms with E-state index in [1.807, 2.05) is 32.9 Å². The van der Waals surface area contributed by atoms with Crippen LogP contribution in [-0.4, -0.2) is 35.3 Å².